The second-order valence-corrected chi connectivity index (χ2v) is 5.71. The van der Waals surface area contributed by atoms with Crippen LogP contribution in [0.25, 0.3) is 0 Å². The number of hydrogen-bond acceptors (Lipinski definition) is 4. The van der Waals surface area contributed by atoms with Crippen molar-refractivity contribution in [3.8, 4) is 17.2 Å². The molecule has 1 aliphatic carbocycles. The van der Waals surface area contributed by atoms with Crippen molar-refractivity contribution in [1.82, 2.24) is 0 Å². The Balaban J connectivity index is 2.20. The van der Waals surface area contributed by atoms with Crippen LogP contribution in [-0.2, 0) is 10.2 Å². The lowest BCUT2D eigenvalue weighted by molar-refractivity contribution is -0.143. The number of ether oxygens (including phenoxy) is 2. The maximum atomic E-state index is 11.7. The van der Waals surface area contributed by atoms with Gasteiger partial charge in [-0.3, -0.25) is 4.79 Å². The molecule has 5 nitrogen and oxygen atoms in total. The van der Waals surface area contributed by atoms with Crippen LogP contribution in [0, 0.1) is 0 Å². The summed E-state index contributed by atoms with van der Waals surface area (Å²) in [6.07, 6.45) is 2.75. The Hall–Kier alpha value is -1.43. The smallest absolute Gasteiger partial charge is 0.314 e. The summed E-state index contributed by atoms with van der Waals surface area (Å²) in [6, 6.07) is 1.60. The Morgan fingerprint density at radius 2 is 2.00 bits per heavy atom. The summed E-state index contributed by atoms with van der Waals surface area (Å²) in [7, 11) is 0. The number of benzene rings is 1. The van der Waals surface area contributed by atoms with Crippen molar-refractivity contribution < 1.29 is 24.5 Å². The van der Waals surface area contributed by atoms with Crippen molar-refractivity contribution in [3.05, 3.63) is 16.1 Å². The third kappa shape index (κ3) is 1.69. The Morgan fingerprint density at radius 1 is 1.32 bits per heavy atom. The first-order valence-electron chi connectivity index (χ1n) is 6.11. The highest BCUT2D eigenvalue weighted by atomic mass is 79.9. The van der Waals surface area contributed by atoms with Crippen molar-refractivity contribution in [1.29, 1.82) is 0 Å². The van der Waals surface area contributed by atoms with Gasteiger partial charge in [0, 0.05) is 5.56 Å². The van der Waals surface area contributed by atoms with Crippen LogP contribution in [0.5, 0.6) is 17.2 Å². The Morgan fingerprint density at radius 3 is 2.63 bits per heavy atom. The van der Waals surface area contributed by atoms with Gasteiger partial charge in [-0.25, -0.2) is 0 Å². The van der Waals surface area contributed by atoms with Crippen molar-refractivity contribution in [2.24, 2.45) is 0 Å². The molecule has 0 spiro atoms. The van der Waals surface area contributed by atoms with E-state index in [2.05, 4.69) is 15.9 Å². The third-order valence-corrected chi connectivity index (χ3v) is 4.70. The van der Waals surface area contributed by atoms with E-state index in [1.54, 1.807) is 6.07 Å². The van der Waals surface area contributed by atoms with Gasteiger partial charge >= 0.3 is 5.97 Å². The van der Waals surface area contributed by atoms with E-state index in [4.69, 9.17) is 9.47 Å². The van der Waals surface area contributed by atoms with E-state index in [1.165, 1.54) is 0 Å². The van der Waals surface area contributed by atoms with Crippen LogP contribution < -0.4 is 9.47 Å². The van der Waals surface area contributed by atoms with E-state index in [-0.39, 0.29) is 12.5 Å². The zero-order valence-electron chi connectivity index (χ0n) is 10.1. The Kier molecular flexibility index (Phi) is 2.85. The highest BCUT2D eigenvalue weighted by molar-refractivity contribution is 9.10. The van der Waals surface area contributed by atoms with E-state index < -0.39 is 11.4 Å². The number of aromatic hydroxyl groups is 1. The molecule has 1 fully saturated rings. The van der Waals surface area contributed by atoms with Gasteiger partial charge in [-0.1, -0.05) is 12.8 Å². The van der Waals surface area contributed by atoms with Gasteiger partial charge in [0.2, 0.25) is 6.79 Å². The average Bonchev–Trinajstić information content (AvgIpc) is 3.02. The number of aliphatic carboxylic acids is 1. The molecule has 19 heavy (non-hydrogen) atoms. The van der Waals surface area contributed by atoms with E-state index in [0.29, 0.717) is 34.4 Å². The molecule has 1 aromatic rings. The predicted octanol–water partition coefficient (Wildman–Crippen LogP) is 2.78. The molecule has 0 atom stereocenters. The molecular weight excluding hydrogens is 316 g/mol. The largest absolute Gasteiger partial charge is 0.506 e. The number of rotatable bonds is 2. The minimum atomic E-state index is -1.02. The molecule has 2 N–H and O–H groups in total. The number of fused-ring (bicyclic) bond motifs is 1. The number of carbonyl (C=O) groups is 1. The summed E-state index contributed by atoms with van der Waals surface area (Å²) in [6.45, 7) is 0.0803. The highest BCUT2D eigenvalue weighted by Gasteiger charge is 2.46. The molecular formula is C13H13BrO5. The number of carboxylic acid groups (broad SMARTS) is 1. The molecule has 0 unspecified atom stereocenters. The van der Waals surface area contributed by atoms with Gasteiger partial charge in [-0.15, -0.1) is 0 Å². The standard InChI is InChI=1S/C13H13BrO5/c14-9-10(15)7(5-8-11(9)19-6-18-8)13(12(16)17)3-1-2-4-13/h5,15H,1-4,6H2,(H,16,17). The average molecular weight is 329 g/mol. The molecule has 1 saturated carbocycles. The lowest BCUT2D eigenvalue weighted by atomic mass is 9.78. The molecule has 6 heteroatoms. The maximum Gasteiger partial charge on any atom is 0.314 e. The topological polar surface area (TPSA) is 76.0 Å². The number of hydrogen-bond donors (Lipinski definition) is 2. The second kappa shape index (κ2) is 4.30. The summed E-state index contributed by atoms with van der Waals surface area (Å²) >= 11 is 3.25. The zero-order chi connectivity index (χ0) is 13.6. The molecule has 1 heterocycles. The summed E-state index contributed by atoms with van der Waals surface area (Å²) in [5, 5.41) is 19.9. The monoisotopic (exact) mass is 328 g/mol. The minimum absolute atomic E-state index is 0.0615. The Labute approximate surface area is 118 Å². The molecule has 0 saturated heterocycles. The van der Waals surface area contributed by atoms with Crippen molar-refractivity contribution in [2.75, 3.05) is 6.79 Å². The van der Waals surface area contributed by atoms with Crippen molar-refractivity contribution in [3.63, 3.8) is 0 Å². The number of halogens is 1. The normalized spacial score (nSPS) is 19.6. The van der Waals surface area contributed by atoms with Crippen LogP contribution in [0.3, 0.4) is 0 Å². The zero-order valence-corrected chi connectivity index (χ0v) is 11.7. The fourth-order valence-electron chi connectivity index (χ4n) is 2.93. The summed E-state index contributed by atoms with van der Waals surface area (Å²) in [5.41, 5.74) is -0.609. The molecule has 0 radical (unpaired) electrons. The molecule has 0 amide bonds. The first-order valence-corrected chi connectivity index (χ1v) is 6.90. The summed E-state index contributed by atoms with van der Waals surface area (Å²) < 4.78 is 10.9. The molecule has 3 rings (SSSR count). The fraction of sp³-hybridized carbons (Fsp3) is 0.462. The van der Waals surface area contributed by atoms with Gasteiger partial charge in [0.1, 0.15) is 10.2 Å². The fourth-order valence-corrected chi connectivity index (χ4v) is 3.46. The maximum absolute atomic E-state index is 11.7. The highest BCUT2D eigenvalue weighted by Crippen LogP contribution is 2.53. The van der Waals surface area contributed by atoms with E-state index in [9.17, 15) is 15.0 Å². The van der Waals surface area contributed by atoms with E-state index >= 15 is 0 Å². The van der Waals surface area contributed by atoms with Crippen LogP contribution in [0.1, 0.15) is 31.2 Å². The van der Waals surface area contributed by atoms with Crippen LogP contribution in [0.4, 0.5) is 0 Å². The lowest BCUT2D eigenvalue weighted by Crippen LogP contribution is -2.32. The van der Waals surface area contributed by atoms with Gasteiger partial charge in [-0.2, -0.15) is 0 Å². The van der Waals surface area contributed by atoms with Gasteiger partial charge in [0.05, 0.1) is 5.41 Å². The van der Waals surface area contributed by atoms with Crippen LogP contribution in [0.15, 0.2) is 10.5 Å². The molecule has 1 aromatic carbocycles. The quantitative estimate of drug-likeness (QED) is 0.873. The molecule has 0 bridgehead atoms. The van der Waals surface area contributed by atoms with Crippen LogP contribution >= 0.6 is 15.9 Å². The lowest BCUT2D eigenvalue weighted by Gasteiger charge is -2.26. The van der Waals surface area contributed by atoms with Gasteiger partial charge in [0.25, 0.3) is 0 Å². The van der Waals surface area contributed by atoms with Crippen LogP contribution in [-0.4, -0.2) is 23.0 Å². The molecule has 2 aliphatic rings. The minimum Gasteiger partial charge on any atom is -0.506 e. The van der Waals surface area contributed by atoms with Crippen molar-refractivity contribution in [2.45, 2.75) is 31.1 Å². The number of phenolic OH excluding ortho intramolecular Hbond substituents is 1. The molecule has 1 aliphatic heterocycles. The first kappa shape index (κ1) is 12.6. The first-order chi connectivity index (χ1) is 9.06. The SMILES string of the molecule is O=C(O)C1(c2cc3c(c(Br)c2O)OCO3)CCCC1. The van der Waals surface area contributed by atoms with Gasteiger partial charge in [0.15, 0.2) is 11.5 Å². The summed E-state index contributed by atoms with van der Waals surface area (Å²) in [5.74, 6) is -0.0494. The predicted molar refractivity (Wildman–Crippen MR) is 69.7 cm³/mol. The third-order valence-electron chi connectivity index (χ3n) is 3.96. The van der Waals surface area contributed by atoms with E-state index in [0.717, 1.165) is 12.8 Å². The van der Waals surface area contributed by atoms with Crippen LogP contribution in [0.2, 0.25) is 0 Å². The summed E-state index contributed by atoms with van der Waals surface area (Å²) in [4.78, 5) is 11.7. The van der Waals surface area contributed by atoms with E-state index in [1.807, 2.05) is 0 Å². The number of phenols is 1. The Bertz CT molecular complexity index is 548. The van der Waals surface area contributed by atoms with Gasteiger partial charge < -0.3 is 19.7 Å². The number of carboxylic acids is 1. The van der Waals surface area contributed by atoms with Crippen molar-refractivity contribution >= 4 is 21.9 Å². The second-order valence-electron chi connectivity index (χ2n) is 4.91. The molecule has 0 aromatic heterocycles. The molecule has 102 valence electrons. The van der Waals surface area contributed by atoms with Gasteiger partial charge in [-0.05, 0) is 34.8 Å².